The molecule has 1 aliphatic carbocycles. The van der Waals surface area contributed by atoms with Crippen molar-refractivity contribution in [1.29, 1.82) is 0 Å². The zero-order valence-corrected chi connectivity index (χ0v) is 11.6. The van der Waals surface area contributed by atoms with Crippen molar-refractivity contribution in [3.05, 3.63) is 28.3 Å². The second-order valence-electron chi connectivity index (χ2n) is 5.25. The molecule has 0 bridgehead atoms. The molecule has 1 aromatic rings. The van der Waals surface area contributed by atoms with Crippen molar-refractivity contribution >= 4 is 17.1 Å². The fourth-order valence-corrected chi connectivity index (χ4v) is 2.09. The molecule has 104 valence electrons. The number of nitro benzene ring substituents is 1. The summed E-state index contributed by atoms with van der Waals surface area (Å²) >= 11 is 0. The first-order valence-electron chi connectivity index (χ1n) is 6.84. The van der Waals surface area contributed by atoms with Gasteiger partial charge in [0.25, 0.3) is 5.69 Å². The van der Waals surface area contributed by atoms with E-state index in [1.807, 2.05) is 13.1 Å². The molecule has 1 aliphatic rings. The number of non-ortho nitro benzene ring substituents is 1. The summed E-state index contributed by atoms with van der Waals surface area (Å²) in [7, 11) is 2.00. The molecule has 19 heavy (non-hydrogen) atoms. The monoisotopic (exact) mass is 263 g/mol. The van der Waals surface area contributed by atoms with Crippen molar-refractivity contribution in [2.24, 2.45) is 5.92 Å². The second-order valence-corrected chi connectivity index (χ2v) is 5.25. The molecular weight excluding hydrogens is 242 g/mol. The maximum absolute atomic E-state index is 11.0. The molecule has 5 heteroatoms. The van der Waals surface area contributed by atoms with Crippen molar-refractivity contribution in [3.8, 4) is 0 Å². The summed E-state index contributed by atoms with van der Waals surface area (Å²) in [5.74, 6) is 0.760. The zero-order valence-electron chi connectivity index (χ0n) is 11.6. The van der Waals surface area contributed by atoms with E-state index in [-0.39, 0.29) is 10.6 Å². The fourth-order valence-electron chi connectivity index (χ4n) is 2.09. The number of benzene rings is 1. The van der Waals surface area contributed by atoms with Crippen LogP contribution >= 0.6 is 0 Å². The molecule has 2 rings (SSSR count). The predicted molar refractivity (Wildman–Crippen MR) is 77.9 cm³/mol. The van der Waals surface area contributed by atoms with Gasteiger partial charge in [0, 0.05) is 43.6 Å². The van der Waals surface area contributed by atoms with Crippen LogP contribution in [0.15, 0.2) is 18.2 Å². The molecule has 0 unspecified atom stereocenters. The maximum Gasteiger partial charge on any atom is 0.273 e. The Hall–Kier alpha value is -1.78. The Bertz CT molecular complexity index is 458. The Balaban J connectivity index is 2.19. The molecule has 0 aromatic heterocycles. The van der Waals surface area contributed by atoms with Gasteiger partial charge in [0.05, 0.1) is 4.92 Å². The van der Waals surface area contributed by atoms with Crippen LogP contribution < -0.4 is 10.2 Å². The van der Waals surface area contributed by atoms with Gasteiger partial charge in [-0.1, -0.05) is 6.92 Å². The Morgan fingerprint density at radius 3 is 2.74 bits per heavy atom. The first kappa shape index (κ1) is 13.6. The van der Waals surface area contributed by atoms with Gasteiger partial charge in [-0.2, -0.15) is 0 Å². The van der Waals surface area contributed by atoms with Crippen LogP contribution in [0.5, 0.6) is 0 Å². The van der Waals surface area contributed by atoms with Gasteiger partial charge in [-0.15, -0.1) is 0 Å². The minimum atomic E-state index is -0.328. The third-order valence-corrected chi connectivity index (χ3v) is 3.36. The molecule has 0 radical (unpaired) electrons. The van der Waals surface area contributed by atoms with E-state index in [9.17, 15) is 10.1 Å². The lowest BCUT2D eigenvalue weighted by Gasteiger charge is -2.20. The summed E-state index contributed by atoms with van der Waals surface area (Å²) in [6.45, 7) is 3.88. The SMILES string of the molecule is CCCNc1cc(N(C)CC2CC2)cc([N+](=O)[O-])c1. The Morgan fingerprint density at radius 1 is 1.42 bits per heavy atom. The van der Waals surface area contributed by atoms with Crippen molar-refractivity contribution in [2.45, 2.75) is 26.2 Å². The summed E-state index contributed by atoms with van der Waals surface area (Å²) in [5.41, 5.74) is 1.90. The first-order valence-corrected chi connectivity index (χ1v) is 6.84. The Labute approximate surface area is 113 Å². The average molecular weight is 263 g/mol. The van der Waals surface area contributed by atoms with Gasteiger partial charge in [-0.3, -0.25) is 10.1 Å². The van der Waals surface area contributed by atoms with Crippen molar-refractivity contribution in [2.75, 3.05) is 30.4 Å². The van der Waals surface area contributed by atoms with E-state index in [1.54, 1.807) is 12.1 Å². The van der Waals surface area contributed by atoms with Crippen LogP contribution in [0.2, 0.25) is 0 Å². The lowest BCUT2D eigenvalue weighted by molar-refractivity contribution is -0.384. The highest BCUT2D eigenvalue weighted by Gasteiger charge is 2.23. The van der Waals surface area contributed by atoms with Gasteiger partial charge >= 0.3 is 0 Å². The highest BCUT2D eigenvalue weighted by atomic mass is 16.6. The largest absolute Gasteiger partial charge is 0.385 e. The zero-order chi connectivity index (χ0) is 13.8. The molecule has 1 fully saturated rings. The number of hydrogen-bond acceptors (Lipinski definition) is 4. The standard InChI is InChI=1S/C14H21N3O2/c1-3-6-15-12-7-13(9-14(8-12)17(18)19)16(2)10-11-4-5-11/h7-9,11,15H,3-6,10H2,1-2H3. The second kappa shape index (κ2) is 5.91. The third kappa shape index (κ3) is 3.84. The minimum absolute atomic E-state index is 0.152. The van der Waals surface area contributed by atoms with E-state index >= 15 is 0 Å². The number of rotatable bonds is 7. The topological polar surface area (TPSA) is 58.4 Å². The van der Waals surface area contributed by atoms with Crippen LogP contribution in [-0.4, -0.2) is 25.1 Å². The van der Waals surface area contributed by atoms with Gasteiger partial charge in [0.2, 0.25) is 0 Å². The fraction of sp³-hybridized carbons (Fsp3) is 0.571. The van der Waals surface area contributed by atoms with E-state index in [0.717, 1.165) is 36.8 Å². The summed E-state index contributed by atoms with van der Waals surface area (Å²) in [6.07, 6.45) is 3.55. The summed E-state index contributed by atoms with van der Waals surface area (Å²) in [4.78, 5) is 12.8. The highest BCUT2D eigenvalue weighted by Crippen LogP contribution is 2.32. The van der Waals surface area contributed by atoms with Crippen LogP contribution in [-0.2, 0) is 0 Å². The maximum atomic E-state index is 11.0. The van der Waals surface area contributed by atoms with Crippen LogP contribution in [0.25, 0.3) is 0 Å². The van der Waals surface area contributed by atoms with E-state index in [2.05, 4.69) is 17.1 Å². The summed E-state index contributed by atoms with van der Waals surface area (Å²) in [5, 5.41) is 14.2. The molecule has 1 N–H and O–H groups in total. The Kier molecular flexibility index (Phi) is 4.24. The van der Waals surface area contributed by atoms with Gasteiger partial charge in [0.15, 0.2) is 0 Å². The molecule has 0 amide bonds. The summed E-state index contributed by atoms with van der Waals surface area (Å²) in [6, 6.07) is 5.24. The van der Waals surface area contributed by atoms with Gasteiger partial charge in [-0.25, -0.2) is 0 Å². The van der Waals surface area contributed by atoms with Crippen LogP contribution in [0, 0.1) is 16.0 Å². The molecule has 0 heterocycles. The lowest BCUT2D eigenvalue weighted by atomic mass is 10.2. The normalized spacial score (nSPS) is 14.2. The molecular formula is C14H21N3O2. The minimum Gasteiger partial charge on any atom is -0.385 e. The van der Waals surface area contributed by atoms with Crippen molar-refractivity contribution in [1.82, 2.24) is 0 Å². The van der Waals surface area contributed by atoms with Crippen LogP contribution in [0.1, 0.15) is 26.2 Å². The van der Waals surface area contributed by atoms with E-state index in [4.69, 9.17) is 0 Å². The third-order valence-electron chi connectivity index (χ3n) is 3.36. The first-order chi connectivity index (χ1) is 9.10. The molecule has 0 atom stereocenters. The van der Waals surface area contributed by atoms with Gasteiger partial charge in [-0.05, 0) is 31.2 Å². The van der Waals surface area contributed by atoms with Crippen molar-refractivity contribution < 1.29 is 4.92 Å². The number of hydrogen-bond donors (Lipinski definition) is 1. The van der Waals surface area contributed by atoms with Crippen LogP contribution in [0.3, 0.4) is 0 Å². The summed E-state index contributed by atoms with van der Waals surface area (Å²) < 4.78 is 0. The van der Waals surface area contributed by atoms with Gasteiger partial charge < -0.3 is 10.2 Å². The predicted octanol–water partition coefficient (Wildman–Crippen LogP) is 3.26. The molecule has 0 aliphatic heterocycles. The molecule has 5 nitrogen and oxygen atoms in total. The number of anilines is 2. The van der Waals surface area contributed by atoms with Crippen molar-refractivity contribution in [3.63, 3.8) is 0 Å². The Morgan fingerprint density at radius 2 is 2.16 bits per heavy atom. The number of nitrogens with one attached hydrogen (secondary N) is 1. The lowest BCUT2D eigenvalue weighted by Crippen LogP contribution is -2.20. The smallest absolute Gasteiger partial charge is 0.273 e. The average Bonchev–Trinajstić information content (AvgIpc) is 3.19. The molecule has 1 saturated carbocycles. The van der Waals surface area contributed by atoms with Crippen LogP contribution in [0.4, 0.5) is 17.1 Å². The number of nitro groups is 1. The molecule has 0 spiro atoms. The van der Waals surface area contributed by atoms with E-state index < -0.39 is 0 Å². The highest BCUT2D eigenvalue weighted by molar-refractivity contribution is 5.64. The van der Waals surface area contributed by atoms with Gasteiger partial charge in [0.1, 0.15) is 0 Å². The molecule has 0 saturated heterocycles. The van der Waals surface area contributed by atoms with E-state index in [0.29, 0.717) is 0 Å². The quantitative estimate of drug-likeness (QED) is 0.606. The number of nitrogens with zero attached hydrogens (tertiary/aromatic N) is 2. The molecule has 1 aromatic carbocycles. The van der Waals surface area contributed by atoms with E-state index in [1.165, 1.54) is 12.8 Å².